The van der Waals surface area contributed by atoms with Crippen LogP contribution >= 0.6 is 11.6 Å². The fourth-order valence-electron chi connectivity index (χ4n) is 2.72. The zero-order valence-electron chi connectivity index (χ0n) is 12.3. The van der Waals surface area contributed by atoms with Crippen LogP contribution in [0.5, 0.6) is 0 Å². The molecule has 0 saturated carbocycles. The molecule has 3 N–H and O–H groups in total. The quantitative estimate of drug-likeness (QED) is 0.794. The van der Waals surface area contributed by atoms with Crippen LogP contribution < -0.4 is 10.6 Å². The Morgan fingerprint density at radius 3 is 2.76 bits per heavy atom. The van der Waals surface area contributed by atoms with Gasteiger partial charge in [0.05, 0.1) is 24.7 Å². The van der Waals surface area contributed by atoms with Crippen molar-refractivity contribution in [2.45, 2.75) is 31.5 Å². The third kappa shape index (κ3) is 4.09. The predicted molar refractivity (Wildman–Crippen MR) is 83.4 cm³/mol. The van der Waals surface area contributed by atoms with Crippen LogP contribution in [-0.2, 0) is 0 Å². The monoisotopic (exact) mass is 311 g/mol. The lowest BCUT2D eigenvalue weighted by molar-refractivity contribution is 0.213. The standard InChI is InChI=1S/C15H22ClN3O2/c1-10(9-20)17-15(21)18-13-7-8-19(2)14(13)11-3-5-12(16)6-4-11/h3-6,10,13-14,20H,7-9H2,1-2H3,(H2,17,18,21). The summed E-state index contributed by atoms with van der Waals surface area (Å²) in [5.41, 5.74) is 1.14. The van der Waals surface area contributed by atoms with E-state index in [0.29, 0.717) is 5.02 Å². The summed E-state index contributed by atoms with van der Waals surface area (Å²) in [5, 5.41) is 15.4. The topological polar surface area (TPSA) is 64.6 Å². The zero-order chi connectivity index (χ0) is 15.4. The highest BCUT2D eigenvalue weighted by atomic mass is 35.5. The van der Waals surface area contributed by atoms with Gasteiger partial charge in [-0.1, -0.05) is 23.7 Å². The number of likely N-dealkylation sites (N-methyl/N-ethyl adjacent to an activating group) is 1. The second-order valence-corrected chi connectivity index (χ2v) is 6.01. The Hall–Kier alpha value is -1.30. The molecule has 2 amide bonds. The van der Waals surface area contributed by atoms with Gasteiger partial charge in [0.1, 0.15) is 0 Å². The van der Waals surface area contributed by atoms with Crippen molar-refractivity contribution >= 4 is 17.6 Å². The lowest BCUT2D eigenvalue weighted by Gasteiger charge is -2.26. The third-order valence-electron chi connectivity index (χ3n) is 3.83. The molecule has 1 aliphatic heterocycles. The average Bonchev–Trinajstić information content (AvgIpc) is 2.80. The normalized spacial score (nSPS) is 23.8. The van der Waals surface area contributed by atoms with Crippen LogP contribution in [0.1, 0.15) is 24.9 Å². The number of carbonyl (C=O) groups is 1. The fourth-order valence-corrected chi connectivity index (χ4v) is 2.85. The fraction of sp³-hybridized carbons (Fsp3) is 0.533. The Morgan fingerprint density at radius 1 is 1.48 bits per heavy atom. The van der Waals surface area contributed by atoms with Crippen molar-refractivity contribution in [2.75, 3.05) is 20.2 Å². The summed E-state index contributed by atoms with van der Waals surface area (Å²) in [7, 11) is 2.05. The molecular formula is C15H22ClN3O2. The van der Waals surface area contributed by atoms with Crippen molar-refractivity contribution in [3.05, 3.63) is 34.9 Å². The van der Waals surface area contributed by atoms with E-state index in [1.165, 1.54) is 0 Å². The van der Waals surface area contributed by atoms with Gasteiger partial charge in [0.2, 0.25) is 0 Å². The predicted octanol–water partition coefficient (Wildman–Crippen LogP) is 1.77. The molecule has 1 saturated heterocycles. The molecule has 1 heterocycles. The van der Waals surface area contributed by atoms with Gasteiger partial charge in [-0.05, 0) is 38.1 Å². The molecule has 1 aliphatic rings. The second kappa shape index (κ2) is 7.11. The third-order valence-corrected chi connectivity index (χ3v) is 4.08. The van der Waals surface area contributed by atoms with Crippen LogP contribution in [0.4, 0.5) is 4.79 Å². The number of nitrogens with one attached hydrogen (secondary N) is 2. The first-order valence-electron chi connectivity index (χ1n) is 7.15. The molecule has 5 nitrogen and oxygen atoms in total. The molecule has 21 heavy (non-hydrogen) atoms. The lowest BCUT2D eigenvalue weighted by atomic mass is 10.0. The molecular weight excluding hydrogens is 290 g/mol. The first-order chi connectivity index (χ1) is 10.0. The average molecular weight is 312 g/mol. The van der Waals surface area contributed by atoms with E-state index >= 15 is 0 Å². The summed E-state index contributed by atoms with van der Waals surface area (Å²) >= 11 is 5.93. The minimum absolute atomic E-state index is 0.0436. The molecule has 0 aliphatic carbocycles. The van der Waals surface area contributed by atoms with Crippen molar-refractivity contribution in [1.82, 2.24) is 15.5 Å². The number of urea groups is 1. The van der Waals surface area contributed by atoms with Gasteiger partial charge in [-0.3, -0.25) is 4.90 Å². The summed E-state index contributed by atoms with van der Waals surface area (Å²) in [5.74, 6) is 0. The molecule has 1 aromatic carbocycles. The number of amides is 2. The van der Waals surface area contributed by atoms with E-state index in [9.17, 15) is 4.79 Å². The maximum atomic E-state index is 11.9. The van der Waals surface area contributed by atoms with Crippen LogP contribution in [0.3, 0.4) is 0 Å². The van der Waals surface area contributed by atoms with E-state index in [2.05, 4.69) is 22.6 Å². The number of hydrogen-bond donors (Lipinski definition) is 3. The van der Waals surface area contributed by atoms with E-state index in [1.54, 1.807) is 6.92 Å². The van der Waals surface area contributed by atoms with Crippen LogP contribution in [-0.4, -0.2) is 48.3 Å². The van der Waals surface area contributed by atoms with E-state index in [1.807, 2.05) is 24.3 Å². The number of hydrogen-bond acceptors (Lipinski definition) is 3. The van der Waals surface area contributed by atoms with E-state index < -0.39 is 0 Å². The molecule has 0 aromatic heterocycles. The lowest BCUT2D eigenvalue weighted by Crippen LogP contribution is -2.47. The zero-order valence-corrected chi connectivity index (χ0v) is 13.1. The van der Waals surface area contributed by atoms with Gasteiger partial charge in [0, 0.05) is 11.6 Å². The van der Waals surface area contributed by atoms with Crippen LogP contribution in [0.15, 0.2) is 24.3 Å². The van der Waals surface area contributed by atoms with E-state index in [4.69, 9.17) is 16.7 Å². The first-order valence-corrected chi connectivity index (χ1v) is 7.52. The Kier molecular flexibility index (Phi) is 5.45. The van der Waals surface area contributed by atoms with Gasteiger partial charge in [0.25, 0.3) is 0 Å². The largest absolute Gasteiger partial charge is 0.394 e. The summed E-state index contributed by atoms with van der Waals surface area (Å²) in [6, 6.07) is 7.42. The first kappa shape index (κ1) is 16.1. The van der Waals surface area contributed by atoms with Gasteiger partial charge in [-0.15, -0.1) is 0 Å². The highest BCUT2D eigenvalue weighted by molar-refractivity contribution is 6.30. The molecule has 116 valence electrons. The highest BCUT2D eigenvalue weighted by Crippen LogP contribution is 2.31. The molecule has 0 radical (unpaired) electrons. The minimum Gasteiger partial charge on any atom is -0.394 e. The number of carbonyl (C=O) groups excluding carboxylic acids is 1. The van der Waals surface area contributed by atoms with Crippen molar-refractivity contribution in [1.29, 1.82) is 0 Å². The van der Waals surface area contributed by atoms with Gasteiger partial charge in [-0.25, -0.2) is 4.79 Å². The van der Waals surface area contributed by atoms with Crippen LogP contribution in [0.25, 0.3) is 0 Å². The summed E-state index contributed by atoms with van der Waals surface area (Å²) in [6.45, 7) is 2.61. The molecule has 0 spiro atoms. The Balaban J connectivity index is 2.04. The Labute approximate surface area is 130 Å². The molecule has 1 aromatic rings. The van der Waals surface area contributed by atoms with E-state index in [0.717, 1.165) is 18.5 Å². The van der Waals surface area contributed by atoms with Crippen LogP contribution in [0.2, 0.25) is 5.02 Å². The van der Waals surface area contributed by atoms with Gasteiger partial charge in [-0.2, -0.15) is 0 Å². The maximum Gasteiger partial charge on any atom is 0.315 e. The van der Waals surface area contributed by atoms with Gasteiger partial charge < -0.3 is 15.7 Å². The van der Waals surface area contributed by atoms with Crippen LogP contribution in [0, 0.1) is 0 Å². The number of aliphatic hydroxyl groups excluding tert-OH is 1. The maximum absolute atomic E-state index is 11.9. The van der Waals surface area contributed by atoms with E-state index in [-0.39, 0.29) is 30.8 Å². The summed E-state index contributed by atoms with van der Waals surface area (Å²) in [6.07, 6.45) is 0.894. The van der Waals surface area contributed by atoms with Crippen molar-refractivity contribution in [3.63, 3.8) is 0 Å². The molecule has 3 atom stereocenters. The number of rotatable bonds is 4. The second-order valence-electron chi connectivity index (χ2n) is 5.57. The summed E-state index contributed by atoms with van der Waals surface area (Å²) in [4.78, 5) is 14.2. The smallest absolute Gasteiger partial charge is 0.315 e. The number of benzene rings is 1. The Bertz CT molecular complexity index is 480. The Morgan fingerprint density at radius 2 is 2.14 bits per heavy atom. The number of aliphatic hydroxyl groups is 1. The number of halogens is 1. The van der Waals surface area contributed by atoms with Crippen molar-refractivity contribution in [3.8, 4) is 0 Å². The minimum atomic E-state index is -0.252. The van der Waals surface area contributed by atoms with Crippen molar-refractivity contribution in [2.24, 2.45) is 0 Å². The molecule has 2 rings (SSSR count). The SMILES string of the molecule is CC(CO)NC(=O)NC1CCN(C)C1c1ccc(Cl)cc1. The summed E-state index contributed by atoms with van der Waals surface area (Å²) < 4.78 is 0. The van der Waals surface area contributed by atoms with Crippen molar-refractivity contribution < 1.29 is 9.90 Å². The molecule has 6 heteroatoms. The number of nitrogens with zero attached hydrogens (tertiary/aromatic N) is 1. The molecule has 3 unspecified atom stereocenters. The molecule has 1 fully saturated rings. The van der Waals surface area contributed by atoms with Gasteiger partial charge in [0.15, 0.2) is 0 Å². The number of likely N-dealkylation sites (tertiary alicyclic amines) is 1. The molecule has 0 bridgehead atoms. The highest BCUT2D eigenvalue weighted by Gasteiger charge is 2.34. The van der Waals surface area contributed by atoms with Gasteiger partial charge >= 0.3 is 6.03 Å².